The van der Waals surface area contributed by atoms with Crippen LogP contribution in [-0.4, -0.2) is 37.2 Å². The number of anilines is 1. The molecule has 0 saturated carbocycles. The third-order valence-corrected chi connectivity index (χ3v) is 7.34. The monoisotopic (exact) mass is 590 g/mol. The number of benzene rings is 4. The maximum absolute atomic E-state index is 13.3. The standard InChI is InChI=1S/C32H33F6N3O/c1-30(2,3)28(40-29(42)39-24-16-22(31(33,34)35)15-23(17-24)32(36,37)38)19-41(4,5)18-27-25-12-8-6-10-20(25)14-21-11-7-9-13-26(21)27/h6-17,28H,18-19H2,1-5H3,(H-,39,40,42)/p+1/t28-/m0/s1. The Bertz CT molecular complexity index is 1520. The number of halogens is 6. The summed E-state index contributed by atoms with van der Waals surface area (Å²) >= 11 is 0. The molecule has 224 valence electrons. The molecule has 4 aromatic rings. The van der Waals surface area contributed by atoms with Crippen LogP contribution in [0.25, 0.3) is 21.5 Å². The number of quaternary nitrogens is 1. The lowest BCUT2D eigenvalue weighted by molar-refractivity contribution is -0.905. The van der Waals surface area contributed by atoms with Gasteiger partial charge < -0.3 is 15.1 Å². The first-order chi connectivity index (χ1) is 19.3. The SMILES string of the molecule is CC(C)(C)[C@H](C[N+](C)(C)Cc1c2ccccc2cc2ccccc12)NC(=O)Nc1cc(C(F)(F)F)cc(C(F)(F)F)c1. The molecule has 0 aromatic heterocycles. The van der Waals surface area contributed by atoms with Crippen LogP contribution in [0.5, 0.6) is 0 Å². The average molecular weight is 591 g/mol. The highest BCUT2D eigenvalue weighted by atomic mass is 19.4. The summed E-state index contributed by atoms with van der Waals surface area (Å²) < 4.78 is 80.3. The number of carbonyl (C=O) groups excluding carboxylic acids is 1. The molecule has 0 bridgehead atoms. The van der Waals surface area contributed by atoms with Gasteiger partial charge in [0.25, 0.3) is 0 Å². The van der Waals surface area contributed by atoms with E-state index in [1.165, 1.54) is 0 Å². The molecule has 0 saturated heterocycles. The second kappa shape index (κ2) is 11.1. The Morgan fingerprint density at radius 3 is 1.69 bits per heavy atom. The summed E-state index contributed by atoms with van der Waals surface area (Å²) in [5.41, 5.74) is -2.94. The van der Waals surface area contributed by atoms with Crippen LogP contribution in [0, 0.1) is 5.41 Å². The number of carbonyl (C=O) groups is 1. The van der Waals surface area contributed by atoms with Gasteiger partial charge in [-0.25, -0.2) is 4.79 Å². The molecule has 10 heteroatoms. The maximum Gasteiger partial charge on any atom is 0.416 e. The molecule has 0 aliphatic carbocycles. The van der Waals surface area contributed by atoms with E-state index in [4.69, 9.17) is 0 Å². The van der Waals surface area contributed by atoms with Crippen molar-refractivity contribution in [2.24, 2.45) is 5.41 Å². The summed E-state index contributed by atoms with van der Waals surface area (Å²) in [6, 6.07) is 18.0. The van der Waals surface area contributed by atoms with Gasteiger partial charge in [-0.05, 0) is 51.2 Å². The van der Waals surface area contributed by atoms with Crippen LogP contribution in [-0.2, 0) is 18.9 Å². The predicted octanol–water partition coefficient (Wildman–Crippen LogP) is 8.84. The van der Waals surface area contributed by atoms with E-state index in [2.05, 4.69) is 41.0 Å². The van der Waals surface area contributed by atoms with Gasteiger partial charge in [0, 0.05) is 11.3 Å². The van der Waals surface area contributed by atoms with Crippen molar-refractivity contribution in [3.8, 4) is 0 Å². The maximum atomic E-state index is 13.3. The van der Waals surface area contributed by atoms with Gasteiger partial charge in [0.1, 0.15) is 6.54 Å². The molecule has 0 aliphatic heterocycles. The fourth-order valence-electron chi connectivity index (χ4n) is 5.15. The molecule has 0 heterocycles. The molecule has 0 aliphatic rings. The molecule has 4 aromatic carbocycles. The Morgan fingerprint density at radius 2 is 1.24 bits per heavy atom. The average Bonchev–Trinajstić information content (AvgIpc) is 2.86. The second-order valence-electron chi connectivity index (χ2n) is 12.4. The number of likely N-dealkylation sites (N-methyl/N-ethyl adjacent to an activating group) is 1. The highest BCUT2D eigenvalue weighted by molar-refractivity contribution is 6.02. The Hall–Kier alpha value is -3.79. The highest BCUT2D eigenvalue weighted by Gasteiger charge is 2.38. The molecule has 42 heavy (non-hydrogen) atoms. The van der Waals surface area contributed by atoms with Crippen LogP contribution < -0.4 is 10.6 Å². The normalized spacial score (nSPS) is 13.8. The van der Waals surface area contributed by atoms with Gasteiger partial charge >= 0.3 is 18.4 Å². The number of alkyl halides is 6. The fraction of sp³-hybridized carbons (Fsp3) is 0.344. The van der Waals surface area contributed by atoms with Gasteiger partial charge in [0.05, 0.1) is 37.8 Å². The number of urea groups is 1. The van der Waals surface area contributed by atoms with E-state index < -0.39 is 46.7 Å². The fourth-order valence-corrected chi connectivity index (χ4v) is 5.15. The number of nitrogens with zero attached hydrogens (tertiary/aromatic N) is 1. The minimum atomic E-state index is -5.02. The molecule has 4 nitrogen and oxygen atoms in total. The minimum absolute atomic E-state index is 0.0258. The van der Waals surface area contributed by atoms with Gasteiger partial charge in [-0.3, -0.25) is 0 Å². The first kappa shape index (κ1) is 31.2. The third-order valence-electron chi connectivity index (χ3n) is 7.34. The zero-order valence-electron chi connectivity index (χ0n) is 24.0. The Kier molecular flexibility index (Phi) is 8.25. The van der Waals surface area contributed by atoms with Crippen LogP contribution in [0.15, 0.2) is 72.8 Å². The van der Waals surface area contributed by atoms with Crippen molar-refractivity contribution >= 4 is 33.3 Å². The number of fused-ring (bicyclic) bond motifs is 2. The molecular formula is C32H34F6N3O+. The molecule has 0 spiro atoms. The van der Waals surface area contributed by atoms with Crippen molar-refractivity contribution in [1.82, 2.24) is 5.32 Å². The van der Waals surface area contributed by atoms with Gasteiger partial charge in [0.2, 0.25) is 0 Å². The van der Waals surface area contributed by atoms with Crippen LogP contribution in [0.3, 0.4) is 0 Å². The number of nitrogens with one attached hydrogen (secondary N) is 2. The van der Waals surface area contributed by atoms with Gasteiger partial charge in [0.15, 0.2) is 0 Å². The minimum Gasteiger partial charge on any atom is -0.329 e. The van der Waals surface area contributed by atoms with Crippen molar-refractivity contribution in [3.63, 3.8) is 0 Å². The van der Waals surface area contributed by atoms with Gasteiger partial charge in [-0.15, -0.1) is 0 Å². The van der Waals surface area contributed by atoms with Crippen LogP contribution in [0.2, 0.25) is 0 Å². The van der Waals surface area contributed by atoms with Crippen molar-refractivity contribution in [1.29, 1.82) is 0 Å². The Balaban J connectivity index is 1.60. The van der Waals surface area contributed by atoms with Crippen LogP contribution in [0.4, 0.5) is 36.8 Å². The topological polar surface area (TPSA) is 41.1 Å². The van der Waals surface area contributed by atoms with Crippen molar-refractivity contribution in [2.75, 3.05) is 26.0 Å². The first-order valence-corrected chi connectivity index (χ1v) is 13.4. The van der Waals surface area contributed by atoms with Crippen molar-refractivity contribution < 1.29 is 35.6 Å². The lowest BCUT2D eigenvalue weighted by atomic mass is 9.85. The van der Waals surface area contributed by atoms with E-state index >= 15 is 0 Å². The zero-order valence-corrected chi connectivity index (χ0v) is 24.0. The molecule has 0 unspecified atom stereocenters. The summed E-state index contributed by atoms with van der Waals surface area (Å²) in [4.78, 5) is 13.0. The molecule has 4 rings (SSSR count). The van der Waals surface area contributed by atoms with E-state index in [-0.39, 0.29) is 6.07 Å². The quantitative estimate of drug-likeness (QED) is 0.132. The molecular weight excluding hydrogens is 556 g/mol. The number of amides is 2. The number of rotatable bonds is 6. The summed E-state index contributed by atoms with van der Waals surface area (Å²) in [7, 11) is 4.05. The van der Waals surface area contributed by atoms with E-state index in [1.54, 1.807) is 0 Å². The van der Waals surface area contributed by atoms with E-state index in [0.717, 1.165) is 27.1 Å². The van der Waals surface area contributed by atoms with Gasteiger partial charge in [-0.2, -0.15) is 26.3 Å². The Labute approximate surface area is 240 Å². The van der Waals surface area contributed by atoms with Crippen molar-refractivity contribution in [2.45, 2.75) is 45.7 Å². The van der Waals surface area contributed by atoms with Gasteiger partial charge in [-0.1, -0.05) is 69.3 Å². The Morgan fingerprint density at radius 1 is 0.762 bits per heavy atom. The zero-order chi connectivity index (χ0) is 31.1. The smallest absolute Gasteiger partial charge is 0.329 e. The largest absolute Gasteiger partial charge is 0.416 e. The van der Waals surface area contributed by atoms with Crippen molar-refractivity contribution in [3.05, 3.63) is 89.5 Å². The lowest BCUT2D eigenvalue weighted by Gasteiger charge is -2.39. The summed E-state index contributed by atoms with van der Waals surface area (Å²) in [6.07, 6.45) is -10.0. The number of hydrogen-bond acceptors (Lipinski definition) is 1. The molecule has 2 amide bonds. The van der Waals surface area contributed by atoms with E-state index in [0.29, 0.717) is 29.7 Å². The molecule has 1 atom stereocenters. The number of hydrogen-bond donors (Lipinski definition) is 2. The van der Waals surface area contributed by atoms with Crippen LogP contribution in [0.1, 0.15) is 37.5 Å². The third kappa shape index (κ3) is 7.34. The first-order valence-electron chi connectivity index (χ1n) is 13.4. The highest BCUT2D eigenvalue weighted by Crippen LogP contribution is 2.38. The second-order valence-corrected chi connectivity index (χ2v) is 12.4. The summed E-state index contributed by atoms with van der Waals surface area (Å²) in [5, 5.41) is 9.45. The lowest BCUT2D eigenvalue weighted by Crippen LogP contribution is -2.56. The van der Waals surface area contributed by atoms with E-state index in [9.17, 15) is 31.1 Å². The molecule has 2 N–H and O–H groups in total. The van der Waals surface area contributed by atoms with E-state index in [1.807, 2.05) is 59.1 Å². The molecule has 0 fully saturated rings. The van der Waals surface area contributed by atoms with Crippen LogP contribution >= 0.6 is 0 Å². The summed E-state index contributed by atoms with van der Waals surface area (Å²) in [6.45, 7) is 6.79. The summed E-state index contributed by atoms with van der Waals surface area (Å²) in [5.74, 6) is 0. The predicted molar refractivity (Wildman–Crippen MR) is 154 cm³/mol. The molecule has 0 radical (unpaired) electrons.